The van der Waals surface area contributed by atoms with Crippen molar-refractivity contribution in [1.82, 2.24) is 0 Å². The van der Waals surface area contributed by atoms with E-state index in [4.69, 9.17) is 47.4 Å². The van der Waals surface area contributed by atoms with Crippen molar-refractivity contribution in [1.29, 1.82) is 0 Å². The topological polar surface area (TPSA) is 167 Å². The maximum absolute atomic E-state index is 13.4. The molecule has 2 N–H and O–H groups in total. The molecule has 2 aliphatic rings. The lowest BCUT2D eigenvalue weighted by Gasteiger charge is -2.46. The molecule has 14 heteroatoms. The highest BCUT2D eigenvalue weighted by atomic mass is 16.8. The zero-order valence-corrected chi connectivity index (χ0v) is 34.7. The summed E-state index contributed by atoms with van der Waals surface area (Å²) < 4.78 is 62.2. The third kappa shape index (κ3) is 14.9. The minimum absolute atomic E-state index is 0.0443. The van der Waals surface area contributed by atoms with Crippen LogP contribution in [0.25, 0.3) is 0 Å². The number of rotatable bonds is 27. The highest BCUT2D eigenvalue weighted by Crippen LogP contribution is 2.33. The van der Waals surface area contributed by atoms with Gasteiger partial charge in [0.25, 0.3) is 0 Å². The van der Waals surface area contributed by atoms with Crippen LogP contribution < -0.4 is 0 Å². The first kappa shape index (κ1) is 48.1. The molecule has 322 valence electrons. The van der Waals surface area contributed by atoms with Crippen LogP contribution in [-0.4, -0.2) is 136 Å². The Balaban J connectivity index is 1.94. The second-order valence-electron chi connectivity index (χ2n) is 14.6. The van der Waals surface area contributed by atoms with E-state index in [-0.39, 0.29) is 36.9 Å². The Morgan fingerprint density at radius 2 is 1.38 bits per heavy atom. The molecule has 0 spiro atoms. The monoisotopic (exact) mass is 798 g/mol. The zero-order valence-electron chi connectivity index (χ0n) is 34.7. The minimum Gasteiger partial charge on any atom is -0.464 e. The summed E-state index contributed by atoms with van der Waals surface area (Å²) in [5, 5.41) is 21.5. The zero-order chi connectivity index (χ0) is 40.9. The molecule has 0 aromatic heterocycles. The number of benzene rings is 1. The van der Waals surface area contributed by atoms with Gasteiger partial charge < -0.3 is 57.6 Å². The molecule has 12 atom stereocenters. The van der Waals surface area contributed by atoms with Crippen LogP contribution in [0.5, 0.6) is 0 Å². The Labute approximate surface area is 334 Å². The first-order chi connectivity index (χ1) is 27.1. The number of carbonyl (C=O) groups excluding carboxylic acids is 2. The molecule has 2 heterocycles. The first-order valence-corrected chi connectivity index (χ1v) is 20.9. The number of esters is 2. The van der Waals surface area contributed by atoms with E-state index in [0.29, 0.717) is 19.8 Å². The van der Waals surface area contributed by atoms with Gasteiger partial charge in [0.15, 0.2) is 18.7 Å². The number of hydrogen-bond acceptors (Lipinski definition) is 14. The molecule has 2 fully saturated rings. The number of ether oxygens (including phenoxy) is 10. The molecule has 2 aliphatic heterocycles. The summed E-state index contributed by atoms with van der Waals surface area (Å²) in [7, 11) is 0. The van der Waals surface area contributed by atoms with Gasteiger partial charge in [-0.25, -0.2) is 9.59 Å². The van der Waals surface area contributed by atoms with Gasteiger partial charge in [-0.2, -0.15) is 0 Å². The van der Waals surface area contributed by atoms with Crippen LogP contribution in [0.4, 0.5) is 0 Å². The van der Waals surface area contributed by atoms with Crippen molar-refractivity contribution in [2.75, 3.05) is 46.2 Å². The van der Waals surface area contributed by atoms with Crippen LogP contribution in [0.2, 0.25) is 0 Å². The van der Waals surface area contributed by atoms with Crippen LogP contribution in [0, 0.1) is 5.92 Å². The van der Waals surface area contributed by atoms with Gasteiger partial charge in [-0.3, -0.25) is 0 Å². The Hall–Kier alpha value is -2.24. The van der Waals surface area contributed by atoms with Crippen molar-refractivity contribution in [3.8, 4) is 0 Å². The van der Waals surface area contributed by atoms with E-state index in [1.165, 1.54) is 0 Å². The fourth-order valence-corrected chi connectivity index (χ4v) is 6.74. The molecule has 0 bridgehead atoms. The van der Waals surface area contributed by atoms with Crippen molar-refractivity contribution in [2.24, 2.45) is 5.92 Å². The average molecular weight is 799 g/mol. The second kappa shape index (κ2) is 26.7. The number of hydrogen-bond donors (Lipinski definition) is 2. The van der Waals surface area contributed by atoms with Gasteiger partial charge in [0.05, 0.1) is 37.6 Å². The van der Waals surface area contributed by atoms with Crippen molar-refractivity contribution in [2.45, 2.75) is 167 Å². The molecular formula is C42H70O14. The van der Waals surface area contributed by atoms with Crippen molar-refractivity contribution < 1.29 is 67.2 Å². The van der Waals surface area contributed by atoms with Gasteiger partial charge in [-0.05, 0) is 57.6 Å². The Morgan fingerprint density at radius 1 is 0.750 bits per heavy atom. The van der Waals surface area contributed by atoms with Crippen LogP contribution in [0.15, 0.2) is 30.3 Å². The molecule has 1 aromatic carbocycles. The molecule has 12 unspecified atom stereocenters. The molecule has 56 heavy (non-hydrogen) atoms. The Bertz CT molecular complexity index is 1210. The normalized spacial score (nSPS) is 29.1. The predicted molar refractivity (Wildman–Crippen MR) is 207 cm³/mol. The molecule has 2 saturated heterocycles. The number of aliphatic hydroxyl groups excluding tert-OH is 2. The van der Waals surface area contributed by atoms with E-state index in [9.17, 15) is 19.8 Å². The average Bonchev–Trinajstić information content (AvgIpc) is 3.19. The summed E-state index contributed by atoms with van der Waals surface area (Å²) in [6.45, 7) is 14.6. The molecule has 0 radical (unpaired) electrons. The number of aliphatic hydroxyl groups is 2. The first-order valence-electron chi connectivity index (χ1n) is 20.9. The quantitative estimate of drug-likeness (QED) is 0.0861. The highest BCUT2D eigenvalue weighted by molar-refractivity contribution is 5.89. The van der Waals surface area contributed by atoms with Crippen molar-refractivity contribution in [3.05, 3.63) is 35.9 Å². The summed E-state index contributed by atoms with van der Waals surface area (Å²) in [4.78, 5) is 25.7. The molecule has 0 saturated carbocycles. The highest BCUT2D eigenvalue weighted by Gasteiger charge is 2.51. The second-order valence-corrected chi connectivity index (χ2v) is 14.6. The Morgan fingerprint density at radius 3 is 1.96 bits per heavy atom. The Kier molecular flexibility index (Phi) is 22.9. The van der Waals surface area contributed by atoms with Crippen LogP contribution >= 0.6 is 0 Å². The largest absolute Gasteiger partial charge is 0.464 e. The van der Waals surface area contributed by atoms with Gasteiger partial charge in [0.2, 0.25) is 0 Å². The smallest absolute Gasteiger partial charge is 0.338 e. The lowest BCUT2D eigenvalue weighted by Crippen LogP contribution is -2.62. The molecule has 1 aromatic rings. The van der Waals surface area contributed by atoms with Crippen LogP contribution in [0.1, 0.15) is 110 Å². The van der Waals surface area contributed by atoms with E-state index < -0.39 is 80.5 Å². The summed E-state index contributed by atoms with van der Waals surface area (Å²) >= 11 is 0. The molecule has 14 nitrogen and oxygen atoms in total. The minimum atomic E-state index is -1.48. The fraction of sp³-hybridized carbons (Fsp3) is 0.810. The molecule has 0 aliphatic carbocycles. The standard InChI is InChI=1S/C42H70O14/c1-8-13-22-48-35-29(7)53-42(38(50-24-15-10-3)37(35)49-23-14-9-2)55-32(28(6)19-11-4)26-52-41-39(56-40(46)30-20-17-16-18-21-30)36(34(45)31(25-43)54-41)51-27-33(44)47-12-5/h16-18,20-21,28-29,31-32,34-39,41-43,45H,8-15,19,22-27H2,1-7H3. The van der Waals surface area contributed by atoms with Gasteiger partial charge in [-0.1, -0.05) is 78.5 Å². The van der Waals surface area contributed by atoms with Crippen LogP contribution in [0.3, 0.4) is 0 Å². The lowest BCUT2D eigenvalue weighted by molar-refractivity contribution is -0.340. The molecular weight excluding hydrogens is 728 g/mol. The predicted octanol–water partition coefficient (Wildman–Crippen LogP) is 5.38. The third-order valence-electron chi connectivity index (χ3n) is 10.0. The van der Waals surface area contributed by atoms with Gasteiger partial charge >= 0.3 is 11.9 Å². The molecule has 0 amide bonds. The van der Waals surface area contributed by atoms with E-state index in [2.05, 4.69) is 34.6 Å². The SMILES string of the molecule is CCCCOC1C(C)OC(OC(COC2OC(CO)C(O)C(OCC(=O)OCC)C2OC(=O)c2ccccc2)C(C)CCC)C(OCCCC)C1OCCCC. The maximum atomic E-state index is 13.4. The number of unbranched alkanes of at least 4 members (excludes halogenated alkanes) is 3. The summed E-state index contributed by atoms with van der Waals surface area (Å²) in [6.07, 6.45) is -2.65. The summed E-state index contributed by atoms with van der Waals surface area (Å²) in [6, 6.07) is 8.32. The fourth-order valence-electron chi connectivity index (χ4n) is 6.74. The number of carbonyl (C=O) groups is 2. The van der Waals surface area contributed by atoms with E-state index in [1.54, 1.807) is 37.3 Å². The van der Waals surface area contributed by atoms with Gasteiger partial charge in [0.1, 0.15) is 43.2 Å². The van der Waals surface area contributed by atoms with Gasteiger partial charge in [0, 0.05) is 19.8 Å². The van der Waals surface area contributed by atoms with Gasteiger partial charge in [-0.15, -0.1) is 0 Å². The third-order valence-corrected chi connectivity index (χ3v) is 10.0. The summed E-state index contributed by atoms with van der Waals surface area (Å²) in [5.41, 5.74) is 0.248. The van der Waals surface area contributed by atoms with Crippen molar-refractivity contribution in [3.63, 3.8) is 0 Å². The molecule has 3 rings (SSSR count). The van der Waals surface area contributed by atoms with Crippen molar-refractivity contribution >= 4 is 11.9 Å². The van der Waals surface area contributed by atoms with E-state index >= 15 is 0 Å². The summed E-state index contributed by atoms with van der Waals surface area (Å²) in [5.74, 6) is -1.44. The van der Waals surface area contributed by atoms with E-state index in [0.717, 1.165) is 51.4 Å². The maximum Gasteiger partial charge on any atom is 0.338 e. The van der Waals surface area contributed by atoms with E-state index in [1.807, 2.05) is 6.92 Å². The lowest BCUT2D eigenvalue weighted by atomic mass is 9.96. The van der Waals surface area contributed by atoms with Crippen LogP contribution in [-0.2, 0) is 52.2 Å².